The first-order valence-corrected chi connectivity index (χ1v) is 17.0. The average Bonchev–Trinajstić information content (AvgIpc) is 3.66. The molecule has 0 bridgehead atoms. The summed E-state index contributed by atoms with van der Waals surface area (Å²) in [6.07, 6.45) is 12.0. The summed E-state index contributed by atoms with van der Waals surface area (Å²) in [7, 11) is 0. The summed E-state index contributed by atoms with van der Waals surface area (Å²) in [4.78, 5) is 7.76. The number of rotatable bonds is 4. The van der Waals surface area contributed by atoms with Crippen molar-refractivity contribution in [2.45, 2.75) is 24.9 Å². The lowest BCUT2D eigenvalue weighted by Crippen LogP contribution is -2.42. The summed E-state index contributed by atoms with van der Waals surface area (Å²) >= 11 is 0. The van der Waals surface area contributed by atoms with Gasteiger partial charge in [-0.05, 0) is 66.5 Å². The first-order valence-electron chi connectivity index (χ1n) is 17.0. The van der Waals surface area contributed by atoms with Crippen LogP contribution in [0.25, 0.3) is 28.7 Å². The number of anilines is 1. The Hall–Kier alpha value is -5.87. The molecule has 2 aliphatic heterocycles. The zero-order chi connectivity index (χ0) is 31.6. The fourth-order valence-electron chi connectivity index (χ4n) is 8.32. The van der Waals surface area contributed by atoms with Crippen LogP contribution in [0.3, 0.4) is 0 Å². The second-order valence-corrected chi connectivity index (χ2v) is 13.1. The molecule has 0 amide bonds. The van der Waals surface area contributed by atoms with Crippen LogP contribution in [-0.2, 0) is 0 Å². The minimum absolute atomic E-state index is 0.0300. The van der Waals surface area contributed by atoms with E-state index in [0.717, 1.165) is 35.6 Å². The van der Waals surface area contributed by atoms with Gasteiger partial charge in [0, 0.05) is 44.7 Å². The third-order valence-electron chi connectivity index (χ3n) is 10.4. The number of benzene rings is 5. The number of aliphatic imine (C=N–C) groups is 1. The summed E-state index contributed by atoms with van der Waals surface area (Å²) in [5.74, 6) is 1.21. The molecular weight excluding hydrogens is 585 g/mol. The van der Waals surface area contributed by atoms with Gasteiger partial charge in [-0.25, -0.2) is 4.99 Å². The highest BCUT2D eigenvalue weighted by Crippen LogP contribution is 2.44. The number of hydrogen-bond donors (Lipinski definition) is 1. The maximum atomic E-state index is 5.16. The van der Waals surface area contributed by atoms with Gasteiger partial charge in [0.05, 0.1) is 28.6 Å². The molecule has 0 fully saturated rings. The molecule has 4 aliphatic rings. The predicted molar refractivity (Wildman–Crippen MR) is 197 cm³/mol. The number of amidine groups is 1. The molecule has 48 heavy (non-hydrogen) atoms. The van der Waals surface area contributed by atoms with Crippen LogP contribution < -0.4 is 20.8 Å². The summed E-state index contributed by atoms with van der Waals surface area (Å²) in [5, 5.41) is 7.68. The summed E-state index contributed by atoms with van der Waals surface area (Å²) in [6.45, 7) is 0. The molecule has 4 nitrogen and oxygen atoms in total. The number of allylic oxidation sites excluding steroid dienone is 3. The Bertz CT molecular complexity index is 2430. The number of hydrogen-bond acceptors (Lipinski definition) is 3. The quantitative estimate of drug-likeness (QED) is 0.217. The lowest BCUT2D eigenvalue weighted by atomic mass is 9.87. The van der Waals surface area contributed by atoms with Crippen LogP contribution in [0.2, 0.25) is 0 Å². The van der Waals surface area contributed by atoms with Crippen molar-refractivity contribution in [3.05, 3.63) is 184 Å². The minimum Gasteiger partial charge on any atom is -0.359 e. The first-order chi connectivity index (χ1) is 23.8. The molecule has 3 atom stereocenters. The molecule has 10 rings (SSSR count). The van der Waals surface area contributed by atoms with Crippen molar-refractivity contribution in [2.24, 2.45) is 10.9 Å². The van der Waals surface area contributed by atoms with E-state index < -0.39 is 0 Å². The van der Waals surface area contributed by atoms with E-state index in [4.69, 9.17) is 4.99 Å². The number of fused-ring (bicyclic) bond motifs is 6. The van der Waals surface area contributed by atoms with Crippen molar-refractivity contribution < 1.29 is 0 Å². The lowest BCUT2D eigenvalue weighted by molar-refractivity contribution is 0.730. The molecular formula is C44H34N4. The maximum absolute atomic E-state index is 5.16. The van der Waals surface area contributed by atoms with Gasteiger partial charge < -0.3 is 14.8 Å². The topological polar surface area (TPSA) is 32.6 Å². The fourth-order valence-corrected chi connectivity index (χ4v) is 8.32. The van der Waals surface area contributed by atoms with E-state index in [1.165, 1.54) is 49.6 Å². The Morgan fingerprint density at radius 2 is 1.46 bits per heavy atom. The van der Waals surface area contributed by atoms with Gasteiger partial charge >= 0.3 is 0 Å². The van der Waals surface area contributed by atoms with Crippen LogP contribution in [-0.4, -0.2) is 16.4 Å². The average molecular weight is 619 g/mol. The highest BCUT2D eigenvalue weighted by Gasteiger charge is 2.40. The predicted octanol–water partition coefficient (Wildman–Crippen LogP) is 8.09. The van der Waals surface area contributed by atoms with E-state index in [0.29, 0.717) is 5.92 Å². The van der Waals surface area contributed by atoms with Gasteiger partial charge in [-0.3, -0.25) is 0 Å². The van der Waals surface area contributed by atoms with Gasteiger partial charge in [-0.2, -0.15) is 0 Å². The molecule has 3 unspecified atom stereocenters. The van der Waals surface area contributed by atoms with Gasteiger partial charge in [0.2, 0.25) is 0 Å². The van der Waals surface area contributed by atoms with Gasteiger partial charge in [-0.1, -0.05) is 115 Å². The Balaban J connectivity index is 1.18. The molecule has 1 N–H and O–H groups in total. The second kappa shape index (κ2) is 10.9. The van der Waals surface area contributed by atoms with Crippen molar-refractivity contribution >= 4 is 40.3 Å². The van der Waals surface area contributed by atoms with Crippen LogP contribution in [0.4, 0.5) is 11.4 Å². The van der Waals surface area contributed by atoms with E-state index in [1.807, 2.05) is 6.07 Å². The molecule has 6 aromatic rings. The SMILES string of the molecule is C1=CC2=C(CC1)N(c1ccccc1)C1C=c3c(c4ccccc4n3-c3ccc4c(c3)C(c3ccccc3)NC(c3ccccc3)=N4)=CC21. The van der Waals surface area contributed by atoms with Crippen LogP contribution in [0.5, 0.6) is 0 Å². The van der Waals surface area contributed by atoms with E-state index in [9.17, 15) is 0 Å². The molecule has 1 aromatic heterocycles. The van der Waals surface area contributed by atoms with Crippen molar-refractivity contribution in [2.75, 3.05) is 4.90 Å². The normalized spacial score (nSPS) is 20.5. The monoisotopic (exact) mass is 618 g/mol. The highest BCUT2D eigenvalue weighted by atomic mass is 15.2. The third kappa shape index (κ3) is 4.19. The minimum atomic E-state index is -0.0300. The van der Waals surface area contributed by atoms with Gasteiger partial charge in [0.1, 0.15) is 5.84 Å². The number of nitrogens with zero attached hydrogens (tertiary/aromatic N) is 3. The standard InChI is InChI=1S/C44H34N4/c1-4-14-29(15-5-1)43-37-26-32(24-25-38(37)45-44(46-43)30-16-6-2-7-17-30)48-40-23-13-11-21-34(40)36-27-35-33-20-10-12-22-39(33)47(41(35)28-42(36)48)31-18-8-3-9-19-31/h1-11,13-21,23-28,35,41,43H,12,22H2,(H,45,46). The lowest BCUT2D eigenvalue weighted by Gasteiger charge is -2.31. The van der Waals surface area contributed by atoms with E-state index in [2.05, 4.69) is 166 Å². The smallest absolute Gasteiger partial charge is 0.134 e. The van der Waals surface area contributed by atoms with Crippen molar-refractivity contribution in [3.63, 3.8) is 0 Å². The molecule has 0 saturated heterocycles. The molecule has 4 heteroatoms. The molecule has 5 aromatic carbocycles. The summed E-state index contributed by atoms with van der Waals surface area (Å²) < 4.78 is 2.48. The Kier molecular flexibility index (Phi) is 6.16. The van der Waals surface area contributed by atoms with Crippen molar-refractivity contribution in [3.8, 4) is 5.69 Å². The largest absolute Gasteiger partial charge is 0.359 e. The molecule has 0 saturated carbocycles. The zero-order valence-electron chi connectivity index (χ0n) is 26.5. The first kappa shape index (κ1) is 27.3. The summed E-state index contributed by atoms with van der Waals surface area (Å²) in [6, 6.07) is 48.0. The Morgan fingerprint density at radius 1 is 0.708 bits per heavy atom. The van der Waals surface area contributed by atoms with E-state index >= 15 is 0 Å². The Morgan fingerprint density at radius 3 is 2.29 bits per heavy atom. The number of aromatic nitrogens is 1. The fraction of sp³-hybridized carbons (Fsp3) is 0.114. The highest BCUT2D eigenvalue weighted by molar-refractivity contribution is 6.02. The van der Waals surface area contributed by atoms with E-state index in [-0.39, 0.29) is 12.1 Å². The third-order valence-corrected chi connectivity index (χ3v) is 10.4. The van der Waals surface area contributed by atoms with Crippen molar-refractivity contribution in [1.82, 2.24) is 9.88 Å². The molecule has 0 radical (unpaired) electrons. The number of para-hydroxylation sites is 2. The van der Waals surface area contributed by atoms with Gasteiger partial charge in [-0.15, -0.1) is 0 Å². The summed E-state index contributed by atoms with van der Waals surface area (Å²) in [5.41, 5.74) is 11.1. The van der Waals surface area contributed by atoms with Crippen molar-refractivity contribution in [1.29, 1.82) is 0 Å². The molecule has 0 spiro atoms. The van der Waals surface area contributed by atoms with Crippen LogP contribution >= 0.6 is 0 Å². The van der Waals surface area contributed by atoms with E-state index in [1.54, 1.807) is 0 Å². The molecule has 230 valence electrons. The Labute approximate surface area is 280 Å². The van der Waals surface area contributed by atoms with Crippen LogP contribution in [0.15, 0.2) is 162 Å². The number of nitrogens with one attached hydrogen (secondary N) is 1. The van der Waals surface area contributed by atoms with Gasteiger partial charge in [0.15, 0.2) is 0 Å². The van der Waals surface area contributed by atoms with Crippen LogP contribution in [0.1, 0.15) is 35.6 Å². The van der Waals surface area contributed by atoms with Gasteiger partial charge in [0.25, 0.3) is 0 Å². The second-order valence-electron chi connectivity index (χ2n) is 13.1. The zero-order valence-corrected chi connectivity index (χ0v) is 26.5. The molecule has 3 heterocycles. The molecule has 2 aliphatic carbocycles. The van der Waals surface area contributed by atoms with Crippen LogP contribution in [0, 0.1) is 5.92 Å². The maximum Gasteiger partial charge on any atom is 0.134 e.